The fraction of sp³-hybridized carbons (Fsp3) is 0. The fourth-order valence-electron chi connectivity index (χ4n) is 0.975. The third kappa shape index (κ3) is 1.67. The maximum atomic E-state index is 9.98. The molecule has 0 fully saturated rings. The summed E-state index contributed by atoms with van der Waals surface area (Å²) in [6.45, 7) is 0. The van der Waals surface area contributed by atoms with E-state index in [9.17, 15) is 4.79 Å². The van der Waals surface area contributed by atoms with Crippen LogP contribution in [0.1, 0.15) is 0 Å². The van der Waals surface area contributed by atoms with Crippen LogP contribution in [0.3, 0.4) is 0 Å². The van der Waals surface area contributed by atoms with Gasteiger partial charge in [0.05, 0.1) is 10.2 Å². The van der Waals surface area contributed by atoms with Gasteiger partial charge in [-0.25, -0.2) is 9.78 Å². The summed E-state index contributed by atoms with van der Waals surface area (Å²) < 4.78 is 1.98. The van der Waals surface area contributed by atoms with Gasteiger partial charge in [-0.15, -0.1) is 4.99 Å². The number of isocyanates is 1. The zero-order chi connectivity index (χ0) is 9.26. The molecule has 13 heavy (non-hydrogen) atoms. The van der Waals surface area contributed by atoms with Crippen LogP contribution >= 0.6 is 27.3 Å². The first kappa shape index (κ1) is 8.56. The van der Waals surface area contributed by atoms with Gasteiger partial charge in [-0.1, -0.05) is 27.3 Å². The number of fused-ring (bicyclic) bond motifs is 1. The first-order valence-corrected chi connectivity index (χ1v) is 5.04. The molecule has 0 atom stereocenters. The van der Waals surface area contributed by atoms with E-state index in [0.29, 0.717) is 5.13 Å². The van der Waals surface area contributed by atoms with Gasteiger partial charge in [-0.3, -0.25) is 0 Å². The molecule has 0 unspecified atom stereocenters. The number of benzene rings is 1. The molecule has 0 spiro atoms. The lowest BCUT2D eigenvalue weighted by molar-refractivity contribution is 0.565. The average molecular weight is 255 g/mol. The van der Waals surface area contributed by atoms with Gasteiger partial charge in [-0.05, 0) is 18.2 Å². The van der Waals surface area contributed by atoms with Crippen LogP contribution in [-0.2, 0) is 4.79 Å². The predicted octanol–water partition coefficient (Wildman–Crippen LogP) is 3.03. The van der Waals surface area contributed by atoms with Gasteiger partial charge < -0.3 is 0 Å². The van der Waals surface area contributed by atoms with Crippen molar-refractivity contribution in [2.24, 2.45) is 4.99 Å². The van der Waals surface area contributed by atoms with Crippen molar-refractivity contribution in [2.75, 3.05) is 0 Å². The monoisotopic (exact) mass is 254 g/mol. The molecule has 2 rings (SSSR count). The molecular formula is C8H3BrN2OS. The van der Waals surface area contributed by atoms with Gasteiger partial charge in [0, 0.05) is 4.47 Å². The number of aromatic nitrogens is 1. The van der Waals surface area contributed by atoms with Crippen LogP contribution in [0.2, 0.25) is 0 Å². The Morgan fingerprint density at radius 3 is 3.15 bits per heavy atom. The Morgan fingerprint density at radius 2 is 2.38 bits per heavy atom. The number of aliphatic imine (C=N–C) groups is 1. The van der Waals surface area contributed by atoms with Crippen molar-refractivity contribution in [1.82, 2.24) is 4.98 Å². The summed E-state index contributed by atoms with van der Waals surface area (Å²) in [5.74, 6) is 0. The van der Waals surface area contributed by atoms with E-state index >= 15 is 0 Å². The zero-order valence-electron chi connectivity index (χ0n) is 6.32. The topological polar surface area (TPSA) is 42.3 Å². The summed E-state index contributed by atoms with van der Waals surface area (Å²) >= 11 is 4.71. The Hall–Kier alpha value is -1.03. The van der Waals surface area contributed by atoms with Crippen LogP contribution in [0.25, 0.3) is 10.2 Å². The minimum atomic E-state index is 0.447. The first-order chi connectivity index (χ1) is 6.29. The highest BCUT2D eigenvalue weighted by Crippen LogP contribution is 2.29. The highest BCUT2D eigenvalue weighted by Gasteiger charge is 2.02. The molecule has 0 aliphatic carbocycles. The second-order valence-electron chi connectivity index (χ2n) is 2.31. The Labute approximate surface area is 86.3 Å². The average Bonchev–Trinajstić information content (AvgIpc) is 2.46. The Kier molecular flexibility index (Phi) is 2.22. The molecule has 1 heterocycles. The molecule has 1 aromatic carbocycles. The zero-order valence-corrected chi connectivity index (χ0v) is 8.72. The van der Waals surface area contributed by atoms with Crippen molar-refractivity contribution in [3.63, 3.8) is 0 Å². The predicted molar refractivity (Wildman–Crippen MR) is 55.1 cm³/mol. The molecular weight excluding hydrogens is 252 g/mol. The van der Waals surface area contributed by atoms with E-state index in [2.05, 4.69) is 25.9 Å². The van der Waals surface area contributed by atoms with E-state index in [1.54, 1.807) is 0 Å². The van der Waals surface area contributed by atoms with Gasteiger partial charge >= 0.3 is 0 Å². The summed E-state index contributed by atoms with van der Waals surface area (Å²) in [7, 11) is 0. The van der Waals surface area contributed by atoms with Crippen LogP contribution in [0.4, 0.5) is 5.13 Å². The van der Waals surface area contributed by atoms with Crippen molar-refractivity contribution in [3.8, 4) is 0 Å². The fourth-order valence-corrected chi connectivity index (χ4v) is 2.09. The molecule has 5 heteroatoms. The van der Waals surface area contributed by atoms with Crippen molar-refractivity contribution < 1.29 is 4.79 Å². The molecule has 0 bridgehead atoms. The van der Waals surface area contributed by atoms with Crippen LogP contribution < -0.4 is 0 Å². The maximum absolute atomic E-state index is 9.98. The summed E-state index contributed by atoms with van der Waals surface area (Å²) in [6.07, 6.45) is 1.47. The molecule has 0 saturated carbocycles. The van der Waals surface area contributed by atoms with Crippen molar-refractivity contribution in [3.05, 3.63) is 22.7 Å². The van der Waals surface area contributed by atoms with E-state index < -0.39 is 0 Å². The normalized spacial score (nSPS) is 9.92. The standard InChI is InChI=1S/C8H3BrN2OS/c9-5-1-2-7-6(3-5)11-8(13-7)10-4-12/h1-3H. The third-order valence-corrected chi connectivity index (χ3v) is 2.90. The largest absolute Gasteiger partial charge is 0.242 e. The smallest absolute Gasteiger partial charge is 0.218 e. The van der Waals surface area contributed by atoms with E-state index in [1.165, 1.54) is 17.4 Å². The molecule has 1 aromatic heterocycles. The molecule has 0 aliphatic rings. The lowest BCUT2D eigenvalue weighted by Crippen LogP contribution is -1.66. The van der Waals surface area contributed by atoms with Crippen molar-refractivity contribution >= 4 is 48.7 Å². The number of halogens is 1. The summed E-state index contributed by atoms with van der Waals surface area (Å²) in [4.78, 5) is 17.6. The molecule has 0 amide bonds. The highest BCUT2D eigenvalue weighted by molar-refractivity contribution is 9.10. The number of thiazole rings is 1. The van der Waals surface area contributed by atoms with Crippen LogP contribution in [0.5, 0.6) is 0 Å². The number of hydrogen-bond acceptors (Lipinski definition) is 4. The minimum Gasteiger partial charge on any atom is -0.218 e. The van der Waals surface area contributed by atoms with Crippen molar-refractivity contribution in [1.29, 1.82) is 0 Å². The van der Waals surface area contributed by atoms with E-state index in [-0.39, 0.29) is 0 Å². The van der Waals surface area contributed by atoms with Crippen molar-refractivity contribution in [2.45, 2.75) is 0 Å². The van der Waals surface area contributed by atoms with E-state index in [4.69, 9.17) is 0 Å². The molecule has 2 aromatic rings. The summed E-state index contributed by atoms with van der Waals surface area (Å²) in [6, 6.07) is 5.74. The number of hydrogen-bond donors (Lipinski definition) is 0. The van der Waals surface area contributed by atoms with Gasteiger partial charge in [0.1, 0.15) is 0 Å². The second-order valence-corrected chi connectivity index (χ2v) is 4.24. The van der Waals surface area contributed by atoms with E-state index in [1.807, 2.05) is 18.2 Å². The van der Waals surface area contributed by atoms with Gasteiger partial charge in [-0.2, -0.15) is 0 Å². The number of rotatable bonds is 1. The van der Waals surface area contributed by atoms with Crippen LogP contribution in [0, 0.1) is 0 Å². The molecule has 64 valence electrons. The van der Waals surface area contributed by atoms with Gasteiger partial charge in [0.25, 0.3) is 0 Å². The third-order valence-electron chi connectivity index (χ3n) is 1.48. The van der Waals surface area contributed by atoms with Crippen LogP contribution in [0.15, 0.2) is 27.7 Å². The Morgan fingerprint density at radius 1 is 1.54 bits per heavy atom. The lowest BCUT2D eigenvalue weighted by Gasteiger charge is -1.86. The second kappa shape index (κ2) is 3.38. The highest BCUT2D eigenvalue weighted by atomic mass is 79.9. The van der Waals surface area contributed by atoms with Crippen LogP contribution in [-0.4, -0.2) is 11.1 Å². The first-order valence-electron chi connectivity index (χ1n) is 3.43. The lowest BCUT2D eigenvalue weighted by atomic mass is 10.3. The molecule has 0 aliphatic heterocycles. The SMILES string of the molecule is O=C=Nc1nc2cc(Br)ccc2s1. The molecule has 3 nitrogen and oxygen atoms in total. The number of carbonyl (C=O) groups excluding carboxylic acids is 1. The molecule has 0 radical (unpaired) electrons. The minimum absolute atomic E-state index is 0.447. The van der Waals surface area contributed by atoms with Gasteiger partial charge in [0.2, 0.25) is 11.2 Å². The summed E-state index contributed by atoms with van der Waals surface area (Å²) in [5.41, 5.74) is 0.841. The Balaban J connectivity index is 2.68. The number of nitrogens with zero attached hydrogens (tertiary/aromatic N) is 2. The van der Waals surface area contributed by atoms with E-state index in [0.717, 1.165) is 14.7 Å². The Bertz CT molecular complexity index is 502. The maximum Gasteiger partial charge on any atom is 0.242 e. The van der Waals surface area contributed by atoms with Gasteiger partial charge in [0.15, 0.2) is 0 Å². The molecule has 0 N–H and O–H groups in total. The summed E-state index contributed by atoms with van der Waals surface area (Å²) in [5, 5.41) is 0.447. The molecule has 0 saturated heterocycles. The quantitative estimate of drug-likeness (QED) is 0.580.